The van der Waals surface area contributed by atoms with Gasteiger partial charge in [0.25, 0.3) is 5.91 Å². The molecule has 0 fully saturated rings. The number of amides is 1. The molecule has 0 aliphatic rings. The number of aldehydes is 1. The Kier molecular flexibility index (Phi) is 9.28. The van der Waals surface area contributed by atoms with Crippen LogP contribution in [0.1, 0.15) is 51.2 Å². The van der Waals surface area contributed by atoms with Crippen LogP contribution in [0.15, 0.2) is 11.4 Å². The van der Waals surface area contributed by atoms with Crippen molar-refractivity contribution in [2.45, 2.75) is 47.1 Å². The second-order valence-electron chi connectivity index (χ2n) is 6.54. The van der Waals surface area contributed by atoms with Crippen LogP contribution in [-0.4, -0.2) is 24.3 Å². The van der Waals surface area contributed by atoms with Crippen LogP contribution in [-0.2, 0) is 4.79 Å². The first kappa shape index (κ1) is 21.2. The number of hydrogen-bond acceptors (Lipinski definition) is 4. The molecule has 5 heteroatoms. The fraction of sp³-hybridized carbons (Fsp3) is 0.556. The minimum absolute atomic E-state index is 0.126. The lowest BCUT2D eigenvalue weighted by atomic mass is 10.1. The van der Waals surface area contributed by atoms with Crippen molar-refractivity contribution in [3.8, 4) is 12.3 Å². The Bertz CT molecular complexity index is 539. The van der Waals surface area contributed by atoms with Crippen molar-refractivity contribution in [2.24, 2.45) is 11.8 Å². The minimum Gasteiger partial charge on any atom is -0.383 e. The van der Waals surface area contributed by atoms with Crippen molar-refractivity contribution >= 4 is 29.2 Å². The fourth-order valence-corrected chi connectivity index (χ4v) is 2.08. The Labute approximate surface area is 144 Å². The van der Waals surface area contributed by atoms with Crippen molar-refractivity contribution < 1.29 is 9.59 Å². The monoisotopic (exact) mass is 336 g/mol. The fourth-order valence-electron chi connectivity index (χ4n) is 1.32. The molecule has 0 aliphatic carbocycles. The minimum atomic E-state index is -0.629. The van der Waals surface area contributed by atoms with Gasteiger partial charge in [0.05, 0.1) is 11.2 Å². The van der Waals surface area contributed by atoms with Crippen LogP contribution >= 0.6 is 11.3 Å². The van der Waals surface area contributed by atoms with Crippen LogP contribution in [0.25, 0.3) is 0 Å². The van der Waals surface area contributed by atoms with Crippen LogP contribution in [0.5, 0.6) is 0 Å². The summed E-state index contributed by atoms with van der Waals surface area (Å²) in [5.41, 5.74) is 0.246. The van der Waals surface area contributed by atoms with Gasteiger partial charge >= 0.3 is 0 Å². The van der Waals surface area contributed by atoms with Gasteiger partial charge in [-0.25, -0.2) is 0 Å². The summed E-state index contributed by atoms with van der Waals surface area (Å²) in [5.74, 6) is 3.16. The third-order valence-electron chi connectivity index (χ3n) is 2.63. The highest BCUT2D eigenvalue weighted by Crippen LogP contribution is 2.23. The van der Waals surface area contributed by atoms with E-state index in [0.717, 1.165) is 18.5 Å². The molecule has 0 atom stereocenters. The number of carbonyl (C=O) groups is 2. The van der Waals surface area contributed by atoms with E-state index in [-0.39, 0.29) is 11.8 Å². The Morgan fingerprint density at radius 3 is 2.39 bits per heavy atom. The molecule has 0 bridgehead atoms. The first-order valence-corrected chi connectivity index (χ1v) is 8.57. The highest BCUT2D eigenvalue weighted by Gasteiger charge is 2.21. The van der Waals surface area contributed by atoms with Crippen LogP contribution < -0.4 is 10.6 Å². The Hall–Kier alpha value is -1.80. The van der Waals surface area contributed by atoms with Gasteiger partial charge in [-0.15, -0.1) is 17.8 Å². The van der Waals surface area contributed by atoms with Gasteiger partial charge in [0.15, 0.2) is 0 Å². The molecule has 2 N–H and O–H groups in total. The van der Waals surface area contributed by atoms with Gasteiger partial charge in [0, 0.05) is 12.5 Å². The van der Waals surface area contributed by atoms with Gasteiger partial charge in [-0.3, -0.25) is 4.79 Å². The standard InChI is InChI=1S/C14H20N2OS.C4H8O/c1-6-14(4,5)16-13(17)12-11(7-8-18-12)15-9-10(2)3;1-4(2)3-5/h1,7-8,10,15H,9H2,2-5H3,(H,16,17);3-4H,1-2H3. The molecule has 23 heavy (non-hydrogen) atoms. The molecule has 0 aromatic carbocycles. The quantitative estimate of drug-likeness (QED) is 0.614. The van der Waals surface area contributed by atoms with E-state index in [4.69, 9.17) is 6.42 Å². The van der Waals surface area contributed by atoms with Crippen molar-refractivity contribution in [1.29, 1.82) is 0 Å². The lowest BCUT2D eigenvalue weighted by Gasteiger charge is -2.19. The zero-order valence-electron chi connectivity index (χ0n) is 14.9. The average molecular weight is 337 g/mol. The number of terminal acetylenes is 1. The van der Waals surface area contributed by atoms with Gasteiger partial charge in [0.2, 0.25) is 0 Å². The molecule has 1 heterocycles. The molecule has 1 aromatic heterocycles. The zero-order valence-corrected chi connectivity index (χ0v) is 15.7. The molecule has 0 unspecified atom stereocenters. The molecule has 4 nitrogen and oxygen atoms in total. The number of anilines is 1. The molecule has 128 valence electrons. The first-order chi connectivity index (χ1) is 10.6. The molecule has 0 radical (unpaired) electrons. The van der Waals surface area contributed by atoms with Crippen LogP contribution in [0, 0.1) is 24.2 Å². The summed E-state index contributed by atoms with van der Waals surface area (Å²) in [6, 6.07) is 1.92. The zero-order chi connectivity index (χ0) is 18.0. The van der Waals surface area contributed by atoms with E-state index in [2.05, 4.69) is 30.4 Å². The van der Waals surface area contributed by atoms with Crippen LogP contribution in [0.4, 0.5) is 5.69 Å². The summed E-state index contributed by atoms with van der Waals surface area (Å²) in [7, 11) is 0. The predicted molar refractivity (Wildman–Crippen MR) is 98.9 cm³/mol. The van der Waals surface area contributed by atoms with Crippen molar-refractivity contribution in [2.75, 3.05) is 11.9 Å². The third-order valence-corrected chi connectivity index (χ3v) is 3.54. The predicted octanol–water partition coefficient (Wildman–Crippen LogP) is 3.80. The molecular formula is C18H28N2O2S. The van der Waals surface area contributed by atoms with Crippen LogP contribution in [0.2, 0.25) is 0 Å². The summed E-state index contributed by atoms with van der Waals surface area (Å²) < 4.78 is 0. The smallest absolute Gasteiger partial charge is 0.264 e. The normalized spacial score (nSPS) is 10.6. The van der Waals surface area contributed by atoms with E-state index in [0.29, 0.717) is 10.8 Å². The number of carbonyl (C=O) groups excluding carboxylic acids is 2. The molecule has 0 spiro atoms. The van der Waals surface area contributed by atoms with Gasteiger partial charge in [-0.1, -0.05) is 33.6 Å². The number of thiophene rings is 1. The SMILES string of the molecule is C#CC(C)(C)NC(=O)c1sccc1NCC(C)C.CC(C)C=O. The number of nitrogens with one attached hydrogen (secondary N) is 2. The number of hydrogen-bond donors (Lipinski definition) is 2. The highest BCUT2D eigenvalue weighted by molar-refractivity contribution is 7.12. The third kappa shape index (κ3) is 9.04. The maximum absolute atomic E-state index is 12.1. The molecule has 0 aliphatic heterocycles. The molecular weight excluding hydrogens is 308 g/mol. The maximum atomic E-state index is 12.1. The van der Waals surface area contributed by atoms with E-state index in [9.17, 15) is 9.59 Å². The van der Waals surface area contributed by atoms with E-state index < -0.39 is 5.54 Å². The molecule has 1 amide bonds. The topological polar surface area (TPSA) is 58.2 Å². The van der Waals surface area contributed by atoms with E-state index in [1.807, 2.05) is 25.3 Å². The maximum Gasteiger partial charge on any atom is 0.264 e. The summed E-state index contributed by atoms with van der Waals surface area (Å²) in [5, 5.41) is 8.01. The lowest BCUT2D eigenvalue weighted by Crippen LogP contribution is -2.42. The average Bonchev–Trinajstić information content (AvgIpc) is 2.93. The van der Waals surface area contributed by atoms with Crippen molar-refractivity contribution in [3.63, 3.8) is 0 Å². The molecule has 0 saturated carbocycles. The van der Waals surface area contributed by atoms with E-state index in [1.54, 1.807) is 13.8 Å². The summed E-state index contributed by atoms with van der Waals surface area (Å²) >= 11 is 1.42. The van der Waals surface area contributed by atoms with Gasteiger partial charge < -0.3 is 15.4 Å². The van der Waals surface area contributed by atoms with E-state index in [1.165, 1.54) is 11.3 Å². The second-order valence-corrected chi connectivity index (χ2v) is 7.46. The Morgan fingerprint density at radius 1 is 1.39 bits per heavy atom. The summed E-state index contributed by atoms with van der Waals surface area (Å²) in [6.45, 7) is 12.4. The second kappa shape index (κ2) is 10.1. The Morgan fingerprint density at radius 2 is 1.96 bits per heavy atom. The van der Waals surface area contributed by atoms with Crippen LogP contribution in [0.3, 0.4) is 0 Å². The van der Waals surface area contributed by atoms with Gasteiger partial charge in [-0.05, 0) is 31.2 Å². The largest absolute Gasteiger partial charge is 0.383 e. The van der Waals surface area contributed by atoms with E-state index >= 15 is 0 Å². The number of rotatable bonds is 6. The van der Waals surface area contributed by atoms with Crippen molar-refractivity contribution in [3.05, 3.63) is 16.3 Å². The highest BCUT2D eigenvalue weighted by atomic mass is 32.1. The molecule has 1 aromatic rings. The van der Waals surface area contributed by atoms with Gasteiger partial charge in [0.1, 0.15) is 11.2 Å². The summed E-state index contributed by atoms with van der Waals surface area (Å²) in [6.07, 6.45) is 6.28. The first-order valence-electron chi connectivity index (χ1n) is 7.69. The van der Waals surface area contributed by atoms with Gasteiger partial charge in [-0.2, -0.15) is 0 Å². The molecule has 1 rings (SSSR count). The molecule has 0 saturated heterocycles. The summed E-state index contributed by atoms with van der Waals surface area (Å²) in [4.78, 5) is 22.3. The lowest BCUT2D eigenvalue weighted by molar-refractivity contribution is -0.110. The Balaban J connectivity index is 0.000000841. The van der Waals surface area contributed by atoms with Crippen molar-refractivity contribution in [1.82, 2.24) is 5.32 Å².